The van der Waals surface area contributed by atoms with E-state index in [0.29, 0.717) is 12.5 Å². The van der Waals surface area contributed by atoms with Gasteiger partial charge in [-0.25, -0.2) is 0 Å². The second kappa shape index (κ2) is 5.86. The van der Waals surface area contributed by atoms with Gasteiger partial charge in [0.25, 0.3) is 0 Å². The molecule has 0 saturated heterocycles. The van der Waals surface area contributed by atoms with E-state index in [1.807, 2.05) is 0 Å². The fourth-order valence-electron chi connectivity index (χ4n) is 1.49. The fourth-order valence-corrected chi connectivity index (χ4v) is 1.49. The van der Waals surface area contributed by atoms with Crippen molar-refractivity contribution >= 4 is 5.96 Å². The van der Waals surface area contributed by atoms with Gasteiger partial charge in [0.2, 0.25) is 0 Å². The van der Waals surface area contributed by atoms with E-state index in [2.05, 4.69) is 25.8 Å². The Labute approximate surface area is 86.9 Å². The molecule has 0 aromatic heterocycles. The maximum absolute atomic E-state index is 6.25. The summed E-state index contributed by atoms with van der Waals surface area (Å²) in [6, 6.07) is 0. The smallest absolute Gasteiger partial charge is 0.185 e. The van der Waals surface area contributed by atoms with Crippen LogP contribution in [0.2, 0.25) is 0 Å². The van der Waals surface area contributed by atoms with Crippen LogP contribution in [0.4, 0.5) is 0 Å². The molecule has 1 unspecified atom stereocenters. The summed E-state index contributed by atoms with van der Waals surface area (Å²) in [7, 11) is 0. The molecule has 1 atom stereocenters. The Balaban J connectivity index is 3.91. The minimum absolute atomic E-state index is 0.0706. The average molecular weight is 200 g/mol. The normalized spacial score (nSPS) is 15.2. The third kappa shape index (κ3) is 4.46. The molecule has 0 fully saturated rings. The molecule has 0 radical (unpaired) electrons. The summed E-state index contributed by atoms with van der Waals surface area (Å²) in [6.07, 6.45) is 2.91. The van der Waals surface area contributed by atoms with Crippen molar-refractivity contribution in [3.8, 4) is 0 Å². The lowest BCUT2D eigenvalue weighted by atomic mass is 9.81. The SMILES string of the molecule is CCC(N)(CCCN=C(N)N)C(C)C. The zero-order chi connectivity index (χ0) is 11.2. The van der Waals surface area contributed by atoms with Gasteiger partial charge in [-0.1, -0.05) is 20.8 Å². The zero-order valence-corrected chi connectivity index (χ0v) is 9.59. The van der Waals surface area contributed by atoms with Gasteiger partial charge in [-0.3, -0.25) is 4.99 Å². The third-order valence-electron chi connectivity index (χ3n) is 2.90. The van der Waals surface area contributed by atoms with Crippen molar-refractivity contribution in [2.24, 2.45) is 28.1 Å². The van der Waals surface area contributed by atoms with Crippen LogP contribution in [-0.2, 0) is 0 Å². The second-order valence-electron chi connectivity index (χ2n) is 4.15. The molecule has 0 aliphatic heterocycles. The number of rotatable bonds is 6. The lowest BCUT2D eigenvalue weighted by Crippen LogP contribution is -2.44. The van der Waals surface area contributed by atoms with E-state index in [4.69, 9.17) is 17.2 Å². The Morgan fingerprint density at radius 1 is 1.36 bits per heavy atom. The molecule has 0 amide bonds. The Kier molecular flexibility index (Phi) is 5.53. The molecule has 0 aliphatic rings. The Hall–Kier alpha value is -0.770. The summed E-state index contributed by atoms with van der Waals surface area (Å²) in [6.45, 7) is 7.11. The molecule has 0 rings (SSSR count). The van der Waals surface area contributed by atoms with E-state index >= 15 is 0 Å². The largest absolute Gasteiger partial charge is 0.370 e. The van der Waals surface area contributed by atoms with E-state index in [-0.39, 0.29) is 11.5 Å². The summed E-state index contributed by atoms with van der Waals surface area (Å²) in [4.78, 5) is 3.94. The summed E-state index contributed by atoms with van der Waals surface area (Å²) in [5.41, 5.74) is 16.6. The molecule has 4 heteroatoms. The van der Waals surface area contributed by atoms with E-state index in [1.54, 1.807) is 0 Å². The Morgan fingerprint density at radius 3 is 2.29 bits per heavy atom. The lowest BCUT2D eigenvalue weighted by molar-refractivity contribution is 0.273. The Bertz CT molecular complexity index is 185. The van der Waals surface area contributed by atoms with Crippen molar-refractivity contribution in [3.05, 3.63) is 0 Å². The van der Waals surface area contributed by atoms with Crippen LogP contribution in [0.25, 0.3) is 0 Å². The van der Waals surface area contributed by atoms with Crippen molar-refractivity contribution < 1.29 is 0 Å². The van der Waals surface area contributed by atoms with Crippen LogP contribution in [0, 0.1) is 5.92 Å². The van der Waals surface area contributed by atoms with E-state index < -0.39 is 0 Å². The number of aliphatic imine (C=N–C) groups is 1. The van der Waals surface area contributed by atoms with E-state index in [9.17, 15) is 0 Å². The second-order valence-corrected chi connectivity index (χ2v) is 4.15. The molecule has 84 valence electrons. The first-order chi connectivity index (χ1) is 6.42. The minimum Gasteiger partial charge on any atom is -0.370 e. The van der Waals surface area contributed by atoms with Crippen LogP contribution in [0.15, 0.2) is 4.99 Å². The number of hydrogen-bond donors (Lipinski definition) is 3. The van der Waals surface area contributed by atoms with Gasteiger partial charge in [0.15, 0.2) is 5.96 Å². The molecule has 0 spiro atoms. The molecule has 0 aromatic carbocycles. The first-order valence-corrected chi connectivity index (χ1v) is 5.26. The predicted molar refractivity (Wildman–Crippen MR) is 62.0 cm³/mol. The van der Waals surface area contributed by atoms with Crippen LogP contribution < -0.4 is 17.2 Å². The number of guanidine groups is 1. The van der Waals surface area contributed by atoms with Crippen molar-refractivity contribution in [2.75, 3.05) is 6.54 Å². The van der Waals surface area contributed by atoms with Crippen LogP contribution in [0.3, 0.4) is 0 Å². The molecule has 0 saturated carbocycles. The monoisotopic (exact) mass is 200 g/mol. The Morgan fingerprint density at radius 2 is 1.93 bits per heavy atom. The summed E-state index contributed by atoms with van der Waals surface area (Å²) in [5.74, 6) is 0.653. The lowest BCUT2D eigenvalue weighted by Gasteiger charge is -2.32. The van der Waals surface area contributed by atoms with Gasteiger partial charge in [0, 0.05) is 12.1 Å². The first kappa shape index (κ1) is 13.2. The van der Waals surface area contributed by atoms with Gasteiger partial charge in [0.1, 0.15) is 0 Å². The van der Waals surface area contributed by atoms with Crippen LogP contribution in [-0.4, -0.2) is 18.0 Å². The quantitative estimate of drug-likeness (QED) is 0.336. The number of nitrogens with two attached hydrogens (primary N) is 3. The molecule has 0 aromatic rings. The van der Waals surface area contributed by atoms with Crippen molar-refractivity contribution in [3.63, 3.8) is 0 Å². The van der Waals surface area contributed by atoms with Gasteiger partial charge >= 0.3 is 0 Å². The standard InChI is InChI=1S/C10H24N4/c1-4-10(13,8(2)3)6-5-7-14-9(11)12/h8H,4-7,13H2,1-3H3,(H4,11,12,14). The molecular weight excluding hydrogens is 176 g/mol. The van der Waals surface area contributed by atoms with E-state index in [1.165, 1.54) is 0 Å². The average Bonchev–Trinajstić information content (AvgIpc) is 2.11. The number of hydrogen-bond acceptors (Lipinski definition) is 2. The molecule has 6 N–H and O–H groups in total. The molecule has 0 bridgehead atoms. The van der Waals surface area contributed by atoms with Crippen molar-refractivity contribution in [1.82, 2.24) is 0 Å². The molecule has 0 aliphatic carbocycles. The summed E-state index contributed by atoms with van der Waals surface area (Å²) < 4.78 is 0. The molecule has 4 nitrogen and oxygen atoms in total. The molecule has 0 heterocycles. The highest BCUT2D eigenvalue weighted by Gasteiger charge is 2.25. The third-order valence-corrected chi connectivity index (χ3v) is 2.90. The minimum atomic E-state index is -0.0706. The summed E-state index contributed by atoms with van der Waals surface area (Å²) in [5, 5.41) is 0. The summed E-state index contributed by atoms with van der Waals surface area (Å²) >= 11 is 0. The highest BCUT2D eigenvalue weighted by molar-refractivity contribution is 5.75. The fraction of sp³-hybridized carbons (Fsp3) is 0.900. The van der Waals surface area contributed by atoms with Crippen LogP contribution >= 0.6 is 0 Å². The van der Waals surface area contributed by atoms with Crippen molar-refractivity contribution in [1.29, 1.82) is 0 Å². The number of nitrogens with zero attached hydrogens (tertiary/aromatic N) is 1. The first-order valence-electron chi connectivity index (χ1n) is 5.26. The van der Waals surface area contributed by atoms with Crippen molar-refractivity contribution in [2.45, 2.75) is 45.6 Å². The predicted octanol–water partition coefficient (Wildman–Crippen LogP) is 0.804. The maximum Gasteiger partial charge on any atom is 0.185 e. The van der Waals surface area contributed by atoms with Crippen LogP contribution in [0.1, 0.15) is 40.0 Å². The topological polar surface area (TPSA) is 90.4 Å². The van der Waals surface area contributed by atoms with Gasteiger partial charge in [0.05, 0.1) is 0 Å². The van der Waals surface area contributed by atoms with Gasteiger partial charge in [-0.15, -0.1) is 0 Å². The maximum atomic E-state index is 6.25. The van der Waals surface area contributed by atoms with Gasteiger partial charge in [-0.2, -0.15) is 0 Å². The van der Waals surface area contributed by atoms with E-state index in [0.717, 1.165) is 19.3 Å². The van der Waals surface area contributed by atoms with Gasteiger partial charge in [-0.05, 0) is 25.2 Å². The molecular formula is C10H24N4. The van der Waals surface area contributed by atoms with Crippen LogP contribution in [0.5, 0.6) is 0 Å². The van der Waals surface area contributed by atoms with Gasteiger partial charge < -0.3 is 17.2 Å². The highest BCUT2D eigenvalue weighted by Crippen LogP contribution is 2.23. The molecule has 14 heavy (non-hydrogen) atoms. The zero-order valence-electron chi connectivity index (χ0n) is 9.59. The highest BCUT2D eigenvalue weighted by atomic mass is 15.0.